The Labute approximate surface area is 115 Å². The first-order valence-corrected chi connectivity index (χ1v) is 6.10. The van der Waals surface area contributed by atoms with Gasteiger partial charge in [-0.3, -0.25) is 0 Å². The molecular weight excluding hydrogens is 256 g/mol. The van der Waals surface area contributed by atoms with E-state index in [9.17, 15) is 10.2 Å². The fraction of sp³-hybridized carbons (Fsp3) is 0.0667. The zero-order valence-electron chi connectivity index (χ0n) is 10.5. The van der Waals surface area contributed by atoms with E-state index < -0.39 is 0 Å². The summed E-state index contributed by atoms with van der Waals surface area (Å²) in [4.78, 5) is 4.29. The van der Waals surface area contributed by atoms with E-state index in [1.807, 2.05) is 0 Å². The molecule has 5 nitrogen and oxygen atoms in total. The number of rotatable bonds is 3. The van der Waals surface area contributed by atoms with Crippen LogP contribution < -0.4 is 0 Å². The van der Waals surface area contributed by atoms with Gasteiger partial charge in [0.25, 0.3) is 5.89 Å². The molecule has 0 atom stereocenters. The summed E-state index contributed by atoms with van der Waals surface area (Å²) < 4.78 is 5.18. The number of phenolic OH excluding ortho intramolecular Hbond substituents is 2. The summed E-state index contributed by atoms with van der Waals surface area (Å²) in [5, 5.41) is 22.6. The highest BCUT2D eigenvalue weighted by atomic mass is 16.5. The molecule has 0 radical (unpaired) electrons. The van der Waals surface area contributed by atoms with Crippen molar-refractivity contribution < 1.29 is 14.7 Å². The average molecular weight is 268 g/mol. The van der Waals surface area contributed by atoms with Crippen molar-refractivity contribution in [1.82, 2.24) is 10.1 Å². The van der Waals surface area contributed by atoms with E-state index in [-0.39, 0.29) is 11.5 Å². The Hall–Kier alpha value is -2.82. The van der Waals surface area contributed by atoms with Gasteiger partial charge in [0, 0.05) is 12.0 Å². The van der Waals surface area contributed by atoms with Gasteiger partial charge in [0.15, 0.2) is 5.82 Å². The molecule has 100 valence electrons. The van der Waals surface area contributed by atoms with Crippen LogP contribution in [0, 0.1) is 0 Å². The molecule has 0 fully saturated rings. The maximum absolute atomic E-state index is 9.43. The largest absolute Gasteiger partial charge is 0.508 e. The lowest BCUT2D eigenvalue weighted by molar-refractivity contribution is 0.423. The minimum absolute atomic E-state index is 0.154. The first kappa shape index (κ1) is 12.2. The van der Waals surface area contributed by atoms with Gasteiger partial charge in [-0.2, -0.15) is 4.98 Å². The van der Waals surface area contributed by atoms with Crippen LogP contribution in [0.15, 0.2) is 53.1 Å². The van der Waals surface area contributed by atoms with Gasteiger partial charge in [0.1, 0.15) is 11.5 Å². The second kappa shape index (κ2) is 5.05. The zero-order chi connectivity index (χ0) is 13.9. The summed E-state index contributed by atoms with van der Waals surface area (Å²) in [6.07, 6.45) is 0.516. The number of hydrogen-bond donors (Lipinski definition) is 2. The van der Waals surface area contributed by atoms with E-state index in [0.717, 1.165) is 5.56 Å². The van der Waals surface area contributed by atoms with E-state index in [0.29, 0.717) is 23.7 Å². The molecule has 0 aliphatic heterocycles. The van der Waals surface area contributed by atoms with Gasteiger partial charge >= 0.3 is 0 Å². The monoisotopic (exact) mass is 268 g/mol. The molecule has 0 bridgehead atoms. The van der Waals surface area contributed by atoms with Crippen LogP contribution >= 0.6 is 0 Å². The zero-order valence-corrected chi connectivity index (χ0v) is 10.5. The molecule has 0 spiro atoms. The van der Waals surface area contributed by atoms with Crippen molar-refractivity contribution in [1.29, 1.82) is 0 Å². The van der Waals surface area contributed by atoms with Gasteiger partial charge in [-0.15, -0.1) is 0 Å². The molecule has 0 amide bonds. The van der Waals surface area contributed by atoms with Crippen molar-refractivity contribution in [2.45, 2.75) is 6.42 Å². The number of aromatic hydroxyl groups is 2. The van der Waals surface area contributed by atoms with Gasteiger partial charge in [-0.1, -0.05) is 23.4 Å². The molecule has 1 aromatic heterocycles. The number of aromatic nitrogens is 2. The number of hydrogen-bond acceptors (Lipinski definition) is 5. The maximum Gasteiger partial charge on any atom is 0.258 e. The Bertz CT molecular complexity index is 720. The molecule has 3 rings (SSSR count). The van der Waals surface area contributed by atoms with Crippen molar-refractivity contribution in [3.63, 3.8) is 0 Å². The summed E-state index contributed by atoms with van der Waals surface area (Å²) in [5.74, 6) is 1.30. The molecule has 0 aliphatic rings. The van der Waals surface area contributed by atoms with Crippen LogP contribution in [0.3, 0.4) is 0 Å². The van der Waals surface area contributed by atoms with Crippen LogP contribution in [-0.4, -0.2) is 20.4 Å². The van der Waals surface area contributed by atoms with Gasteiger partial charge in [-0.25, -0.2) is 0 Å². The van der Waals surface area contributed by atoms with Crippen LogP contribution in [0.5, 0.6) is 11.5 Å². The number of phenols is 2. The SMILES string of the molecule is Oc1ccc(Cc2noc(-c3cccc(O)c3)n2)cc1. The molecule has 0 saturated carbocycles. The van der Waals surface area contributed by atoms with Crippen LogP contribution in [-0.2, 0) is 6.42 Å². The van der Waals surface area contributed by atoms with Crippen LogP contribution in [0.25, 0.3) is 11.5 Å². The molecule has 2 N–H and O–H groups in total. The topological polar surface area (TPSA) is 79.4 Å². The molecule has 5 heteroatoms. The third-order valence-corrected chi connectivity index (χ3v) is 2.86. The van der Waals surface area contributed by atoms with Gasteiger partial charge in [-0.05, 0) is 35.9 Å². The van der Waals surface area contributed by atoms with Crippen molar-refractivity contribution in [2.24, 2.45) is 0 Å². The highest BCUT2D eigenvalue weighted by Crippen LogP contribution is 2.22. The summed E-state index contributed by atoms with van der Waals surface area (Å²) in [7, 11) is 0. The predicted octanol–water partition coefficient (Wildman–Crippen LogP) is 2.74. The molecule has 3 aromatic rings. The molecule has 2 aromatic carbocycles. The van der Waals surface area contributed by atoms with Gasteiger partial charge < -0.3 is 14.7 Å². The normalized spacial score (nSPS) is 10.6. The quantitative estimate of drug-likeness (QED) is 0.763. The summed E-state index contributed by atoms with van der Waals surface area (Å²) in [6, 6.07) is 13.5. The van der Waals surface area contributed by atoms with Crippen LogP contribution in [0.2, 0.25) is 0 Å². The Morgan fingerprint density at radius 3 is 2.50 bits per heavy atom. The van der Waals surface area contributed by atoms with E-state index in [1.54, 1.807) is 48.5 Å². The van der Waals surface area contributed by atoms with E-state index in [2.05, 4.69) is 10.1 Å². The summed E-state index contributed by atoms with van der Waals surface area (Å²) in [6.45, 7) is 0. The van der Waals surface area contributed by atoms with Crippen LogP contribution in [0.4, 0.5) is 0 Å². The van der Waals surface area contributed by atoms with Crippen molar-refractivity contribution in [3.05, 3.63) is 59.9 Å². The second-order valence-electron chi connectivity index (χ2n) is 4.41. The van der Waals surface area contributed by atoms with Gasteiger partial charge in [0.05, 0.1) is 0 Å². The number of benzene rings is 2. The van der Waals surface area contributed by atoms with E-state index in [1.165, 1.54) is 0 Å². The Morgan fingerprint density at radius 2 is 1.75 bits per heavy atom. The minimum Gasteiger partial charge on any atom is -0.508 e. The predicted molar refractivity (Wildman–Crippen MR) is 72.3 cm³/mol. The number of nitrogens with zero attached hydrogens (tertiary/aromatic N) is 2. The van der Waals surface area contributed by atoms with E-state index in [4.69, 9.17) is 4.52 Å². The standard InChI is InChI=1S/C15H12N2O3/c18-12-6-4-10(5-7-12)8-14-16-15(20-17-14)11-2-1-3-13(19)9-11/h1-7,9,18-19H,8H2. The lowest BCUT2D eigenvalue weighted by Gasteiger charge is -1.96. The maximum atomic E-state index is 9.43. The van der Waals surface area contributed by atoms with E-state index >= 15 is 0 Å². The minimum atomic E-state index is 0.154. The first-order valence-electron chi connectivity index (χ1n) is 6.10. The van der Waals surface area contributed by atoms with Crippen molar-refractivity contribution >= 4 is 0 Å². The Balaban J connectivity index is 1.82. The third-order valence-electron chi connectivity index (χ3n) is 2.86. The summed E-state index contributed by atoms with van der Waals surface area (Å²) in [5.41, 5.74) is 1.65. The molecule has 0 aliphatic carbocycles. The fourth-order valence-electron chi connectivity index (χ4n) is 1.88. The smallest absolute Gasteiger partial charge is 0.258 e. The Kier molecular flexibility index (Phi) is 3.09. The molecule has 20 heavy (non-hydrogen) atoms. The summed E-state index contributed by atoms with van der Waals surface area (Å²) >= 11 is 0. The molecule has 0 saturated heterocycles. The average Bonchev–Trinajstić information content (AvgIpc) is 2.90. The lowest BCUT2D eigenvalue weighted by Crippen LogP contribution is -1.90. The second-order valence-corrected chi connectivity index (χ2v) is 4.41. The molecular formula is C15H12N2O3. The van der Waals surface area contributed by atoms with Crippen molar-refractivity contribution in [2.75, 3.05) is 0 Å². The Morgan fingerprint density at radius 1 is 0.950 bits per heavy atom. The fourth-order valence-corrected chi connectivity index (χ4v) is 1.88. The van der Waals surface area contributed by atoms with Crippen molar-refractivity contribution in [3.8, 4) is 23.0 Å². The molecule has 1 heterocycles. The lowest BCUT2D eigenvalue weighted by atomic mass is 10.1. The first-order chi connectivity index (χ1) is 9.70. The highest BCUT2D eigenvalue weighted by Gasteiger charge is 2.09. The van der Waals surface area contributed by atoms with Crippen LogP contribution in [0.1, 0.15) is 11.4 Å². The third kappa shape index (κ3) is 2.61. The van der Waals surface area contributed by atoms with Gasteiger partial charge in [0.2, 0.25) is 0 Å². The highest BCUT2D eigenvalue weighted by molar-refractivity contribution is 5.55. The molecule has 0 unspecified atom stereocenters.